The largest absolute Gasteiger partial charge is 0.392 e. The van der Waals surface area contributed by atoms with Crippen molar-refractivity contribution in [3.05, 3.63) is 86.9 Å². The van der Waals surface area contributed by atoms with Gasteiger partial charge in [0.25, 0.3) is 5.69 Å². The molecule has 0 fully saturated rings. The number of ketones is 1. The molecule has 1 aromatic heterocycles. The Labute approximate surface area is 159 Å². The third-order valence-corrected chi connectivity index (χ3v) is 4.18. The van der Waals surface area contributed by atoms with Crippen LogP contribution in [0.2, 0.25) is 0 Å². The summed E-state index contributed by atoms with van der Waals surface area (Å²) in [5.41, 5.74) is 2.26. The molecule has 0 aliphatic rings. The fourth-order valence-corrected chi connectivity index (χ4v) is 2.70. The maximum atomic E-state index is 14.1. The van der Waals surface area contributed by atoms with Crippen LogP contribution in [0.1, 0.15) is 27.2 Å². The number of aromatic nitrogens is 2. The molecule has 0 atom stereocenters. The van der Waals surface area contributed by atoms with Crippen LogP contribution in [-0.2, 0) is 6.61 Å². The van der Waals surface area contributed by atoms with E-state index >= 15 is 0 Å². The van der Waals surface area contributed by atoms with Gasteiger partial charge in [0.15, 0.2) is 5.78 Å². The lowest BCUT2D eigenvalue weighted by Crippen LogP contribution is -1.98. The number of aliphatic hydroxyl groups is 1. The first kappa shape index (κ1) is 19.1. The van der Waals surface area contributed by atoms with Gasteiger partial charge in [-0.05, 0) is 55.0 Å². The molecule has 0 unspecified atom stereocenters. The first-order chi connectivity index (χ1) is 13.4. The maximum absolute atomic E-state index is 14.1. The minimum Gasteiger partial charge on any atom is -0.392 e. The Morgan fingerprint density at radius 3 is 2.71 bits per heavy atom. The number of benzene rings is 2. The zero-order valence-electron chi connectivity index (χ0n) is 14.8. The maximum Gasteiger partial charge on any atom is 0.272 e. The lowest BCUT2D eigenvalue weighted by atomic mass is 10.1. The number of carbonyl (C=O) groups is 1. The third kappa shape index (κ3) is 4.02. The summed E-state index contributed by atoms with van der Waals surface area (Å²) in [4.78, 5) is 22.6. The number of hydrogen-bond donors (Lipinski definition) is 2. The molecule has 28 heavy (non-hydrogen) atoms. The Bertz CT molecular complexity index is 1090. The molecule has 0 aliphatic carbocycles. The summed E-state index contributed by atoms with van der Waals surface area (Å²) >= 11 is 0. The number of H-pyrrole nitrogens is 1. The summed E-state index contributed by atoms with van der Waals surface area (Å²) in [6.45, 7) is 1.31. The Morgan fingerprint density at radius 2 is 2.07 bits per heavy atom. The first-order valence-corrected chi connectivity index (χ1v) is 8.31. The monoisotopic (exact) mass is 381 g/mol. The summed E-state index contributed by atoms with van der Waals surface area (Å²) in [5.74, 6) is -0.835. The zero-order valence-corrected chi connectivity index (χ0v) is 14.8. The highest BCUT2D eigenvalue weighted by Crippen LogP contribution is 2.23. The number of aryl methyl sites for hydroxylation is 1. The number of nitrogens with one attached hydrogen (secondary N) is 1. The molecular formula is C20H16FN3O4. The van der Waals surface area contributed by atoms with E-state index in [9.17, 15) is 19.3 Å². The average Bonchev–Trinajstić information content (AvgIpc) is 3.14. The molecule has 0 bridgehead atoms. The number of rotatable bonds is 6. The van der Waals surface area contributed by atoms with Crippen molar-refractivity contribution in [2.75, 3.05) is 0 Å². The van der Waals surface area contributed by atoms with Crippen molar-refractivity contribution < 1.29 is 19.2 Å². The second kappa shape index (κ2) is 7.93. The molecule has 8 heteroatoms. The number of nitro groups is 1. The molecule has 0 spiro atoms. The average molecular weight is 381 g/mol. The molecule has 3 aromatic rings. The quantitative estimate of drug-likeness (QED) is 0.292. The highest BCUT2D eigenvalue weighted by molar-refractivity contribution is 6.07. The van der Waals surface area contributed by atoms with Crippen LogP contribution in [0.4, 0.5) is 10.1 Å². The summed E-state index contributed by atoms with van der Waals surface area (Å²) in [6.07, 6.45) is 2.80. The smallest absolute Gasteiger partial charge is 0.272 e. The number of halogens is 1. The van der Waals surface area contributed by atoms with E-state index in [2.05, 4.69) is 10.2 Å². The Hall–Kier alpha value is -3.65. The van der Waals surface area contributed by atoms with Crippen LogP contribution in [0.5, 0.6) is 0 Å². The summed E-state index contributed by atoms with van der Waals surface area (Å²) in [5, 5.41) is 26.6. The Morgan fingerprint density at radius 1 is 1.29 bits per heavy atom. The van der Waals surface area contributed by atoms with Crippen LogP contribution < -0.4 is 0 Å². The van der Waals surface area contributed by atoms with Gasteiger partial charge in [-0.3, -0.25) is 20.0 Å². The van der Waals surface area contributed by atoms with Gasteiger partial charge < -0.3 is 5.11 Å². The van der Waals surface area contributed by atoms with Gasteiger partial charge >= 0.3 is 0 Å². The summed E-state index contributed by atoms with van der Waals surface area (Å²) in [6, 6.07) is 10.1. The standard InChI is InChI=1S/C20H16FN3O4/c1-12-8-14(3-6-19(12)24(27)28)20(26)7-4-15-10-18(23-22-15)16-5-2-13(11-25)9-17(16)21/h2-10,25H,11H2,1H3,(H,22,23)/b7-4+. The van der Waals surface area contributed by atoms with Crippen molar-refractivity contribution in [2.45, 2.75) is 13.5 Å². The Kier molecular flexibility index (Phi) is 5.42. The SMILES string of the molecule is Cc1cc(C(=O)/C=C/c2cc(-c3ccc(CO)cc3F)n[nH]2)ccc1[N+](=O)[O-]. The molecule has 0 saturated carbocycles. The predicted octanol–water partition coefficient (Wildman–Crippen LogP) is 3.82. The van der Waals surface area contributed by atoms with Crippen molar-refractivity contribution in [2.24, 2.45) is 0 Å². The van der Waals surface area contributed by atoms with Gasteiger partial charge in [-0.2, -0.15) is 5.10 Å². The van der Waals surface area contributed by atoms with E-state index in [4.69, 9.17) is 5.11 Å². The molecule has 7 nitrogen and oxygen atoms in total. The topological polar surface area (TPSA) is 109 Å². The second-order valence-corrected chi connectivity index (χ2v) is 6.14. The van der Waals surface area contributed by atoms with Gasteiger partial charge in [-0.15, -0.1) is 0 Å². The second-order valence-electron chi connectivity index (χ2n) is 6.14. The highest BCUT2D eigenvalue weighted by atomic mass is 19.1. The third-order valence-electron chi connectivity index (χ3n) is 4.18. The van der Waals surface area contributed by atoms with Crippen molar-refractivity contribution >= 4 is 17.5 Å². The zero-order chi connectivity index (χ0) is 20.3. The molecule has 1 heterocycles. The molecule has 0 saturated heterocycles. The molecule has 2 N–H and O–H groups in total. The number of hydrogen-bond acceptors (Lipinski definition) is 5. The van der Waals surface area contributed by atoms with Gasteiger partial charge in [-0.1, -0.05) is 6.07 Å². The first-order valence-electron chi connectivity index (χ1n) is 8.31. The number of aliphatic hydroxyl groups excluding tert-OH is 1. The molecule has 142 valence electrons. The molecule has 0 aliphatic heterocycles. The Balaban J connectivity index is 1.78. The van der Waals surface area contributed by atoms with E-state index in [1.165, 1.54) is 42.5 Å². The number of nitro benzene ring substituents is 1. The van der Waals surface area contributed by atoms with Crippen molar-refractivity contribution in [3.8, 4) is 11.3 Å². The molecule has 0 amide bonds. The van der Waals surface area contributed by atoms with Gasteiger partial charge in [-0.25, -0.2) is 4.39 Å². The van der Waals surface area contributed by atoms with Crippen molar-refractivity contribution in [3.63, 3.8) is 0 Å². The van der Waals surface area contributed by atoms with Gasteiger partial charge in [0.05, 0.1) is 22.9 Å². The van der Waals surface area contributed by atoms with Crippen molar-refractivity contribution in [1.82, 2.24) is 10.2 Å². The van der Waals surface area contributed by atoms with Crippen LogP contribution in [-0.4, -0.2) is 26.0 Å². The van der Waals surface area contributed by atoms with E-state index in [1.54, 1.807) is 19.1 Å². The lowest BCUT2D eigenvalue weighted by molar-refractivity contribution is -0.385. The van der Waals surface area contributed by atoms with Crippen molar-refractivity contribution in [1.29, 1.82) is 0 Å². The van der Waals surface area contributed by atoms with E-state index in [-0.39, 0.29) is 23.6 Å². The highest BCUT2D eigenvalue weighted by Gasteiger charge is 2.13. The van der Waals surface area contributed by atoms with Gasteiger partial charge in [0.2, 0.25) is 0 Å². The lowest BCUT2D eigenvalue weighted by Gasteiger charge is -2.01. The minimum absolute atomic E-state index is 0.0482. The fourth-order valence-electron chi connectivity index (χ4n) is 2.70. The number of allylic oxidation sites excluding steroid dienone is 1. The van der Waals surface area contributed by atoms with Gasteiger partial charge in [0, 0.05) is 22.8 Å². The summed E-state index contributed by atoms with van der Waals surface area (Å²) in [7, 11) is 0. The fraction of sp³-hybridized carbons (Fsp3) is 0.100. The van der Waals surface area contributed by atoms with E-state index in [0.717, 1.165) is 0 Å². The number of nitrogens with zero attached hydrogens (tertiary/aromatic N) is 2. The molecular weight excluding hydrogens is 365 g/mol. The molecule has 0 radical (unpaired) electrons. The van der Waals surface area contributed by atoms with Crippen LogP contribution in [0.15, 0.2) is 48.5 Å². The van der Waals surface area contributed by atoms with Crippen LogP contribution in [0.3, 0.4) is 0 Å². The predicted molar refractivity (Wildman–Crippen MR) is 101 cm³/mol. The van der Waals surface area contributed by atoms with Gasteiger partial charge in [0.1, 0.15) is 5.82 Å². The minimum atomic E-state index is -0.508. The summed E-state index contributed by atoms with van der Waals surface area (Å²) < 4.78 is 14.1. The molecule has 3 rings (SSSR count). The normalized spacial score (nSPS) is 11.1. The van der Waals surface area contributed by atoms with Crippen LogP contribution in [0.25, 0.3) is 17.3 Å². The number of carbonyl (C=O) groups excluding carboxylic acids is 1. The van der Waals surface area contributed by atoms with Crippen LogP contribution in [0, 0.1) is 22.9 Å². The van der Waals surface area contributed by atoms with E-state index in [1.807, 2.05) is 0 Å². The van der Waals surface area contributed by atoms with Crippen LogP contribution >= 0.6 is 0 Å². The molecule has 2 aromatic carbocycles. The van der Waals surface area contributed by atoms with E-state index < -0.39 is 10.7 Å². The number of aromatic amines is 1. The van der Waals surface area contributed by atoms with E-state index in [0.29, 0.717) is 28.1 Å².